The summed E-state index contributed by atoms with van der Waals surface area (Å²) in [6.07, 6.45) is 1.67. The Bertz CT molecular complexity index is 354. The summed E-state index contributed by atoms with van der Waals surface area (Å²) < 4.78 is 0. The van der Waals surface area contributed by atoms with Gasteiger partial charge in [-0.3, -0.25) is 9.89 Å². The summed E-state index contributed by atoms with van der Waals surface area (Å²) >= 11 is 0. The van der Waals surface area contributed by atoms with E-state index in [-0.39, 0.29) is 12.5 Å². The molecule has 5 nitrogen and oxygen atoms in total. The Morgan fingerprint density at radius 2 is 2.24 bits per heavy atom. The fourth-order valence-electron chi connectivity index (χ4n) is 1.84. The first-order valence-electron chi connectivity index (χ1n) is 6.00. The molecule has 3 N–H and O–H groups in total. The number of hydrogen-bond donors (Lipinski definition) is 3. The number of carbonyl (C=O) groups excluding carboxylic acids is 1. The fourth-order valence-corrected chi connectivity index (χ4v) is 1.84. The quantitative estimate of drug-likeness (QED) is 0.697. The number of nitrogens with one attached hydrogen (secondary N) is 2. The molecule has 0 saturated heterocycles. The highest BCUT2D eigenvalue weighted by Gasteiger charge is 2.16. The summed E-state index contributed by atoms with van der Waals surface area (Å²) in [5.74, 6) is 0.238. The number of carbonyl (C=O) groups is 1. The molecule has 0 radical (unpaired) electrons. The monoisotopic (exact) mass is 239 g/mol. The van der Waals surface area contributed by atoms with Gasteiger partial charge in [-0.1, -0.05) is 13.3 Å². The van der Waals surface area contributed by atoms with Gasteiger partial charge in [0.05, 0.1) is 11.3 Å². The lowest BCUT2D eigenvalue weighted by atomic mass is 10.0. The van der Waals surface area contributed by atoms with Gasteiger partial charge in [0.1, 0.15) is 0 Å². The third-order valence-electron chi connectivity index (χ3n) is 3.02. The highest BCUT2D eigenvalue weighted by molar-refractivity contribution is 5.96. The summed E-state index contributed by atoms with van der Waals surface area (Å²) in [6, 6.07) is 0. The maximum absolute atomic E-state index is 11.9. The Labute approximate surface area is 102 Å². The topological polar surface area (TPSA) is 78.0 Å². The SMILES string of the molecule is CCC(CCO)CNC(=O)c1c(C)n[nH]c1C. The molecule has 1 aromatic heterocycles. The van der Waals surface area contributed by atoms with Crippen LogP contribution in [0.25, 0.3) is 0 Å². The normalized spacial score (nSPS) is 12.5. The second-order valence-corrected chi connectivity index (χ2v) is 4.31. The van der Waals surface area contributed by atoms with Crippen molar-refractivity contribution in [3.8, 4) is 0 Å². The van der Waals surface area contributed by atoms with Gasteiger partial charge in [0.15, 0.2) is 0 Å². The van der Waals surface area contributed by atoms with Crippen molar-refractivity contribution in [2.75, 3.05) is 13.2 Å². The molecule has 1 unspecified atom stereocenters. The van der Waals surface area contributed by atoms with E-state index in [9.17, 15) is 4.79 Å². The molecule has 0 saturated carbocycles. The van der Waals surface area contributed by atoms with E-state index < -0.39 is 0 Å². The standard InChI is InChI=1S/C12H21N3O2/c1-4-10(5-6-16)7-13-12(17)11-8(2)14-15-9(11)3/h10,16H,4-7H2,1-3H3,(H,13,17)(H,14,15). The van der Waals surface area contributed by atoms with Crippen LogP contribution >= 0.6 is 0 Å². The molecule has 5 heteroatoms. The van der Waals surface area contributed by atoms with Gasteiger partial charge in [0, 0.05) is 18.8 Å². The van der Waals surface area contributed by atoms with Crippen molar-refractivity contribution >= 4 is 5.91 Å². The Balaban J connectivity index is 2.55. The molecule has 0 aromatic carbocycles. The zero-order chi connectivity index (χ0) is 12.8. The molecule has 1 aromatic rings. The molecule has 17 heavy (non-hydrogen) atoms. The van der Waals surface area contributed by atoms with E-state index in [2.05, 4.69) is 22.4 Å². The van der Waals surface area contributed by atoms with Crippen LogP contribution in [0, 0.1) is 19.8 Å². The number of amides is 1. The summed E-state index contributed by atoms with van der Waals surface area (Å²) in [5, 5.41) is 18.6. The molecular weight excluding hydrogens is 218 g/mol. The van der Waals surface area contributed by atoms with E-state index in [4.69, 9.17) is 5.11 Å². The smallest absolute Gasteiger partial charge is 0.255 e. The minimum Gasteiger partial charge on any atom is -0.396 e. The second-order valence-electron chi connectivity index (χ2n) is 4.31. The molecule has 1 atom stereocenters. The van der Waals surface area contributed by atoms with Gasteiger partial charge in [-0.25, -0.2) is 0 Å². The number of hydrogen-bond acceptors (Lipinski definition) is 3. The Hall–Kier alpha value is -1.36. The predicted molar refractivity (Wildman–Crippen MR) is 65.9 cm³/mol. The Morgan fingerprint density at radius 3 is 2.71 bits per heavy atom. The number of aliphatic hydroxyl groups excluding tert-OH is 1. The van der Waals surface area contributed by atoms with Crippen LogP contribution in [0.1, 0.15) is 41.5 Å². The minimum absolute atomic E-state index is 0.0925. The third-order valence-corrected chi connectivity index (χ3v) is 3.02. The van der Waals surface area contributed by atoms with E-state index in [1.807, 2.05) is 13.8 Å². The Kier molecular flexibility index (Phi) is 5.15. The molecule has 0 bridgehead atoms. The third kappa shape index (κ3) is 3.56. The zero-order valence-electron chi connectivity index (χ0n) is 10.7. The largest absolute Gasteiger partial charge is 0.396 e. The van der Waals surface area contributed by atoms with Crippen molar-refractivity contribution in [2.45, 2.75) is 33.6 Å². The molecule has 96 valence electrons. The van der Waals surface area contributed by atoms with Crippen LogP contribution < -0.4 is 5.32 Å². The molecule has 1 amide bonds. The summed E-state index contributed by atoms with van der Waals surface area (Å²) in [5.41, 5.74) is 2.13. The summed E-state index contributed by atoms with van der Waals surface area (Å²) in [7, 11) is 0. The van der Waals surface area contributed by atoms with Crippen molar-refractivity contribution in [3.63, 3.8) is 0 Å². The van der Waals surface area contributed by atoms with Crippen molar-refractivity contribution in [1.29, 1.82) is 0 Å². The van der Waals surface area contributed by atoms with Gasteiger partial charge in [-0.15, -0.1) is 0 Å². The van der Waals surface area contributed by atoms with Crippen LogP contribution in [-0.4, -0.2) is 34.4 Å². The number of nitrogens with zero attached hydrogens (tertiary/aromatic N) is 1. The molecule has 0 aliphatic heterocycles. The van der Waals surface area contributed by atoms with Gasteiger partial charge < -0.3 is 10.4 Å². The van der Waals surface area contributed by atoms with Gasteiger partial charge >= 0.3 is 0 Å². The van der Waals surface area contributed by atoms with Gasteiger partial charge in [-0.2, -0.15) is 5.10 Å². The fraction of sp³-hybridized carbons (Fsp3) is 0.667. The molecule has 0 aliphatic rings. The van der Waals surface area contributed by atoms with Crippen LogP contribution in [0.15, 0.2) is 0 Å². The van der Waals surface area contributed by atoms with Gasteiger partial charge in [-0.05, 0) is 26.2 Å². The average molecular weight is 239 g/mol. The zero-order valence-corrected chi connectivity index (χ0v) is 10.7. The van der Waals surface area contributed by atoms with E-state index in [1.54, 1.807) is 0 Å². The lowest BCUT2D eigenvalue weighted by molar-refractivity contribution is 0.0942. The molecule has 0 fully saturated rings. The molecule has 0 aliphatic carbocycles. The number of rotatable bonds is 6. The predicted octanol–water partition coefficient (Wildman–Crippen LogP) is 1.16. The van der Waals surface area contributed by atoms with Crippen LogP contribution in [0.2, 0.25) is 0 Å². The number of aromatic nitrogens is 2. The van der Waals surface area contributed by atoms with Crippen LogP contribution in [0.3, 0.4) is 0 Å². The molecule has 0 spiro atoms. The van der Waals surface area contributed by atoms with Crippen molar-refractivity contribution in [2.24, 2.45) is 5.92 Å². The highest BCUT2D eigenvalue weighted by Crippen LogP contribution is 2.10. The number of aliphatic hydroxyl groups is 1. The second kappa shape index (κ2) is 6.39. The molecule has 1 heterocycles. The minimum atomic E-state index is -0.0925. The average Bonchev–Trinajstić information content (AvgIpc) is 2.64. The van der Waals surface area contributed by atoms with E-state index >= 15 is 0 Å². The maximum atomic E-state index is 11.9. The highest BCUT2D eigenvalue weighted by atomic mass is 16.3. The van der Waals surface area contributed by atoms with Crippen molar-refractivity contribution in [1.82, 2.24) is 15.5 Å². The maximum Gasteiger partial charge on any atom is 0.255 e. The van der Waals surface area contributed by atoms with E-state index in [0.29, 0.717) is 18.0 Å². The lowest BCUT2D eigenvalue weighted by Gasteiger charge is -2.14. The lowest BCUT2D eigenvalue weighted by Crippen LogP contribution is -2.30. The first-order chi connectivity index (χ1) is 8.10. The number of aromatic amines is 1. The van der Waals surface area contributed by atoms with E-state index in [1.165, 1.54) is 0 Å². The molecule has 1 rings (SSSR count). The summed E-state index contributed by atoms with van der Waals surface area (Å²) in [4.78, 5) is 11.9. The summed E-state index contributed by atoms with van der Waals surface area (Å²) in [6.45, 7) is 6.46. The first-order valence-corrected chi connectivity index (χ1v) is 6.00. The van der Waals surface area contributed by atoms with Crippen molar-refractivity contribution < 1.29 is 9.90 Å². The van der Waals surface area contributed by atoms with Gasteiger partial charge in [0.2, 0.25) is 0 Å². The first kappa shape index (κ1) is 13.7. The van der Waals surface area contributed by atoms with Crippen molar-refractivity contribution in [3.05, 3.63) is 17.0 Å². The van der Waals surface area contributed by atoms with Crippen LogP contribution in [0.4, 0.5) is 0 Å². The van der Waals surface area contributed by atoms with E-state index in [0.717, 1.165) is 24.2 Å². The van der Waals surface area contributed by atoms with Crippen LogP contribution in [0.5, 0.6) is 0 Å². The number of aryl methyl sites for hydroxylation is 2. The van der Waals surface area contributed by atoms with Crippen LogP contribution in [-0.2, 0) is 0 Å². The Morgan fingerprint density at radius 1 is 1.53 bits per heavy atom. The molecular formula is C12H21N3O2. The number of H-pyrrole nitrogens is 1. The van der Waals surface area contributed by atoms with Gasteiger partial charge in [0.25, 0.3) is 5.91 Å².